The Kier molecular flexibility index (Phi) is 7.10. The van der Waals surface area contributed by atoms with E-state index in [4.69, 9.17) is 10.4 Å². The first-order valence-electron chi connectivity index (χ1n) is 10.6. The van der Waals surface area contributed by atoms with Gasteiger partial charge in [0.05, 0.1) is 22.9 Å². The predicted octanol–water partition coefficient (Wildman–Crippen LogP) is 5.10. The van der Waals surface area contributed by atoms with E-state index in [2.05, 4.69) is 0 Å². The summed E-state index contributed by atoms with van der Waals surface area (Å²) in [6, 6.07) is 3.69. The second-order valence-electron chi connectivity index (χ2n) is 8.73. The Labute approximate surface area is 189 Å². The van der Waals surface area contributed by atoms with Crippen molar-refractivity contribution in [1.82, 2.24) is 4.31 Å². The Morgan fingerprint density at radius 2 is 1.88 bits per heavy atom. The zero-order chi connectivity index (χ0) is 23.7. The number of benzene rings is 1. The molecule has 0 unspecified atom stereocenters. The van der Waals surface area contributed by atoms with Crippen molar-refractivity contribution in [3.63, 3.8) is 0 Å². The summed E-state index contributed by atoms with van der Waals surface area (Å²) in [5.74, 6) is -0.0664. The molecule has 3 amide bonds. The smallest absolute Gasteiger partial charge is 0.396 e. The normalized spacial score (nSPS) is 23.5. The Hall–Kier alpha value is -2.25. The molecule has 0 aromatic heterocycles. The Bertz CT molecular complexity index is 921. The zero-order valence-electron chi connectivity index (χ0n) is 18.0. The SMILES string of the molecule is CC1(C)C(=O)N(c2ccc(C#N)c(C(F)(F)F)c2)C(=O)N1SC1CCC(CCCO)CC1. The predicted molar refractivity (Wildman–Crippen MR) is 115 cm³/mol. The Balaban J connectivity index is 1.80. The highest BCUT2D eigenvalue weighted by Gasteiger charge is 2.53. The van der Waals surface area contributed by atoms with Gasteiger partial charge in [-0.15, -0.1) is 0 Å². The van der Waals surface area contributed by atoms with Crippen LogP contribution in [0.3, 0.4) is 0 Å². The van der Waals surface area contributed by atoms with Crippen LogP contribution < -0.4 is 4.90 Å². The molecule has 0 radical (unpaired) electrons. The van der Waals surface area contributed by atoms with Crippen LogP contribution in [0, 0.1) is 17.2 Å². The van der Waals surface area contributed by atoms with Gasteiger partial charge in [-0.3, -0.25) is 9.10 Å². The van der Waals surface area contributed by atoms with Gasteiger partial charge in [-0.05, 0) is 88.4 Å². The van der Waals surface area contributed by atoms with Gasteiger partial charge in [0, 0.05) is 11.9 Å². The highest BCUT2D eigenvalue weighted by molar-refractivity contribution is 7.98. The fraction of sp³-hybridized carbons (Fsp3) is 0.591. The maximum Gasteiger partial charge on any atom is 0.417 e. The van der Waals surface area contributed by atoms with Crippen molar-refractivity contribution < 1.29 is 27.9 Å². The van der Waals surface area contributed by atoms with Crippen LogP contribution in [0.25, 0.3) is 0 Å². The second-order valence-corrected chi connectivity index (χ2v) is 9.97. The lowest BCUT2D eigenvalue weighted by molar-refractivity contribution is -0.137. The number of nitriles is 1. The first kappa shape index (κ1) is 24.4. The number of carbonyl (C=O) groups excluding carboxylic acids is 2. The molecule has 0 atom stereocenters. The molecule has 6 nitrogen and oxygen atoms in total. The highest BCUT2D eigenvalue weighted by Crippen LogP contribution is 2.43. The van der Waals surface area contributed by atoms with Crippen LogP contribution in [0.1, 0.15) is 63.5 Å². The monoisotopic (exact) mass is 469 g/mol. The van der Waals surface area contributed by atoms with E-state index in [0.717, 1.165) is 49.5 Å². The molecule has 1 saturated carbocycles. The average molecular weight is 470 g/mol. The number of aliphatic hydroxyl groups excluding tert-OH is 1. The molecule has 174 valence electrons. The lowest BCUT2D eigenvalue weighted by atomic mass is 9.86. The Morgan fingerprint density at radius 3 is 2.44 bits per heavy atom. The lowest BCUT2D eigenvalue weighted by Crippen LogP contribution is -2.41. The summed E-state index contributed by atoms with van der Waals surface area (Å²) in [5.41, 5.74) is -3.16. The van der Waals surface area contributed by atoms with Crippen molar-refractivity contribution in [2.24, 2.45) is 5.92 Å². The van der Waals surface area contributed by atoms with E-state index in [1.54, 1.807) is 13.8 Å². The van der Waals surface area contributed by atoms with Crippen LogP contribution >= 0.6 is 11.9 Å². The molecule has 32 heavy (non-hydrogen) atoms. The number of halogens is 3. The summed E-state index contributed by atoms with van der Waals surface area (Å²) >= 11 is 1.29. The molecule has 2 fully saturated rings. The van der Waals surface area contributed by atoms with E-state index in [1.165, 1.54) is 28.4 Å². The van der Waals surface area contributed by atoms with E-state index in [0.29, 0.717) is 12.0 Å². The maximum atomic E-state index is 13.4. The number of aliphatic hydroxyl groups is 1. The molecule has 1 aromatic rings. The van der Waals surface area contributed by atoms with Crippen molar-refractivity contribution in [3.8, 4) is 6.07 Å². The van der Waals surface area contributed by atoms with Crippen molar-refractivity contribution in [1.29, 1.82) is 5.26 Å². The summed E-state index contributed by atoms with van der Waals surface area (Å²) in [7, 11) is 0. The number of alkyl halides is 3. The van der Waals surface area contributed by atoms with E-state index >= 15 is 0 Å². The van der Waals surface area contributed by atoms with Crippen LogP contribution in [-0.4, -0.2) is 38.7 Å². The molecule has 3 rings (SSSR count). The molecule has 1 heterocycles. The molecule has 0 bridgehead atoms. The van der Waals surface area contributed by atoms with E-state index < -0.39 is 34.8 Å². The quantitative estimate of drug-likeness (QED) is 0.463. The van der Waals surface area contributed by atoms with Gasteiger partial charge in [-0.2, -0.15) is 18.4 Å². The number of hydrogen-bond donors (Lipinski definition) is 1. The first-order chi connectivity index (χ1) is 15.0. The van der Waals surface area contributed by atoms with Crippen molar-refractivity contribution in [3.05, 3.63) is 29.3 Å². The van der Waals surface area contributed by atoms with Crippen LogP contribution in [0.2, 0.25) is 0 Å². The molecule has 1 aliphatic carbocycles. The minimum atomic E-state index is -4.79. The van der Waals surface area contributed by atoms with E-state index in [1.807, 2.05) is 0 Å². The molecule has 2 aliphatic rings. The van der Waals surface area contributed by atoms with Gasteiger partial charge < -0.3 is 5.11 Å². The summed E-state index contributed by atoms with van der Waals surface area (Å²) < 4.78 is 41.5. The summed E-state index contributed by atoms with van der Waals surface area (Å²) in [6.45, 7) is 3.34. The largest absolute Gasteiger partial charge is 0.417 e. The number of rotatable bonds is 6. The number of urea groups is 1. The minimum absolute atomic E-state index is 0.128. The third-order valence-electron chi connectivity index (χ3n) is 6.11. The first-order valence-corrected chi connectivity index (χ1v) is 11.4. The molecule has 1 saturated heterocycles. The van der Waals surface area contributed by atoms with Gasteiger partial charge in [0.2, 0.25) is 0 Å². The highest BCUT2D eigenvalue weighted by atomic mass is 32.2. The molecule has 10 heteroatoms. The van der Waals surface area contributed by atoms with Crippen LogP contribution in [-0.2, 0) is 11.0 Å². The Morgan fingerprint density at radius 1 is 1.22 bits per heavy atom. The lowest BCUT2D eigenvalue weighted by Gasteiger charge is -2.33. The van der Waals surface area contributed by atoms with Crippen LogP contribution in [0.15, 0.2) is 18.2 Å². The molecule has 0 spiro atoms. The van der Waals surface area contributed by atoms with Gasteiger partial charge in [-0.1, -0.05) is 0 Å². The number of hydrogen-bond acceptors (Lipinski definition) is 5. The fourth-order valence-corrected chi connectivity index (χ4v) is 5.53. The minimum Gasteiger partial charge on any atom is -0.396 e. The summed E-state index contributed by atoms with van der Waals surface area (Å²) in [4.78, 5) is 27.0. The van der Waals surface area contributed by atoms with Crippen molar-refractivity contribution in [2.75, 3.05) is 11.5 Å². The van der Waals surface area contributed by atoms with Gasteiger partial charge in [0.25, 0.3) is 5.91 Å². The number of amides is 3. The second kappa shape index (κ2) is 9.32. The molecular weight excluding hydrogens is 443 g/mol. The number of imide groups is 1. The number of nitrogens with zero attached hydrogens (tertiary/aromatic N) is 3. The fourth-order valence-electron chi connectivity index (χ4n) is 4.24. The standard InChI is InChI=1S/C22H26F3N3O3S/c1-21(2)19(30)27(16-8-7-15(13-26)18(12-16)22(23,24)25)20(31)28(21)32-17-9-5-14(6-10-17)4-3-11-29/h7-8,12,14,17,29H,3-6,9-11H2,1-2H3. The number of anilines is 1. The number of carbonyl (C=O) groups is 2. The third kappa shape index (κ3) is 4.74. The van der Waals surface area contributed by atoms with Gasteiger partial charge in [-0.25, -0.2) is 9.69 Å². The molecule has 1 aromatic carbocycles. The molecular formula is C22H26F3N3O3S. The van der Waals surface area contributed by atoms with E-state index in [-0.39, 0.29) is 17.5 Å². The molecule has 1 aliphatic heterocycles. The van der Waals surface area contributed by atoms with Crippen LogP contribution in [0.4, 0.5) is 23.7 Å². The van der Waals surface area contributed by atoms with Crippen LogP contribution in [0.5, 0.6) is 0 Å². The summed E-state index contributed by atoms with van der Waals surface area (Å²) in [5, 5.41) is 18.1. The van der Waals surface area contributed by atoms with E-state index in [9.17, 15) is 22.8 Å². The summed E-state index contributed by atoms with van der Waals surface area (Å²) in [6.07, 6.45) is 0.632. The van der Waals surface area contributed by atoms with Gasteiger partial charge in [0.15, 0.2) is 0 Å². The maximum absolute atomic E-state index is 13.4. The molecule has 1 N–H and O–H groups in total. The van der Waals surface area contributed by atoms with Gasteiger partial charge in [0.1, 0.15) is 5.54 Å². The van der Waals surface area contributed by atoms with Crippen molar-refractivity contribution >= 4 is 29.6 Å². The topological polar surface area (TPSA) is 84.6 Å². The average Bonchev–Trinajstić information content (AvgIpc) is 2.91. The van der Waals surface area contributed by atoms with Gasteiger partial charge >= 0.3 is 12.2 Å². The van der Waals surface area contributed by atoms with Crippen molar-refractivity contribution in [2.45, 2.75) is 69.3 Å². The zero-order valence-corrected chi connectivity index (χ0v) is 18.8. The third-order valence-corrected chi connectivity index (χ3v) is 7.70.